The van der Waals surface area contributed by atoms with E-state index in [1.807, 2.05) is 12.1 Å². The van der Waals surface area contributed by atoms with Gasteiger partial charge in [0.25, 0.3) is 0 Å². The van der Waals surface area contributed by atoms with Crippen LogP contribution in [0.5, 0.6) is 0 Å². The number of anilines is 2. The first kappa shape index (κ1) is 13.6. The Balaban J connectivity index is 2.48. The van der Waals surface area contributed by atoms with Gasteiger partial charge in [0.15, 0.2) is 0 Å². The normalized spacial score (nSPS) is 10.0. The summed E-state index contributed by atoms with van der Waals surface area (Å²) in [5, 5.41) is 9.90. The predicted molar refractivity (Wildman–Crippen MR) is 78.3 cm³/mol. The number of para-hydroxylation sites is 1. The summed E-state index contributed by atoms with van der Waals surface area (Å²) in [5.41, 5.74) is 2.69. The molecular weight excluding hydrogens is 307 g/mol. The van der Waals surface area contributed by atoms with Crippen molar-refractivity contribution in [2.45, 2.75) is 5.33 Å². The number of alkyl halides is 1. The van der Waals surface area contributed by atoms with Gasteiger partial charge in [-0.3, -0.25) is 0 Å². The average Bonchev–Trinajstić information content (AvgIpc) is 2.46. The molecule has 0 radical (unpaired) electrons. The van der Waals surface area contributed by atoms with E-state index >= 15 is 0 Å². The van der Waals surface area contributed by atoms with Gasteiger partial charge in [0.05, 0.1) is 16.9 Å². The maximum Gasteiger partial charge on any atom is 0.146 e. The van der Waals surface area contributed by atoms with Crippen molar-refractivity contribution in [3.05, 3.63) is 59.4 Å². The van der Waals surface area contributed by atoms with Crippen molar-refractivity contribution in [2.24, 2.45) is 0 Å². The number of halogens is 2. The molecule has 2 aromatic rings. The molecule has 0 aromatic heterocycles. The van der Waals surface area contributed by atoms with Crippen molar-refractivity contribution in [1.29, 1.82) is 5.26 Å². The Kier molecular flexibility index (Phi) is 4.18. The molecule has 4 heteroatoms. The van der Waals surface area contributed by atoms with Crippen LogP contribution in [-0.4, -0.2) is 7.05 Å². The Morgan fingerprint density at radius 2 is 1.95 bits per heavy atom. The summed E-state index contributed by atoms with van der Waals surface area (Å²) in [7, 11) is 1.75. The first-order valence-electron chi connectivity index (χ1n) is 5.74. The van der Waals surface area contributed by atoms with Crippen LogP contribution < -0.4 is 4.90 Å². The Morgan fingerprint density at radius 1 is 1.21 bits per heavy atom. The molecule has 0 saturated carbocycles. The first-order valence-corrected chi connectivity index (χ1v) is 6.86. The topological polar surface area (TPSA) is 27.0 Å². The van der Waals surface area contributed by atoms with Crippen molar-refractivity contribution >= 4 is 27.3 Å². The van der Waals surface area contributed by atoms with E-state index in [4.69, 9.17) is 0 Å². The van der Waals surface area contributed by atoms with Crippen LogP contribution in [0.15, 0.2) is 42.5 Å². The fraction of sp³-hybridized carbons (Fsp3) is 0.133. The van der Waals surface area contributed by atoms with Crippen LogP contribution in [0.3, 0.4) is 0 Å². The molecule has 0 fully saturated rings. The third-order valence-corrected chi connectivity index (χ3v) is 3.56. The standard InChI is InChI=1S/C15H12BrFN2/c1-19(15-5-3-2-4-13(15)17)14-7-6-11(9-16)8-12(14)10-18/h2-8H,9H2,1H3. The van der Waals surface area contributed by atoms with E-state index < -0.39 is 0 Å². The summed E-state index contributed by atoms with van der Waals surface area (Å²) in [6.45, 7) is 0. The van der Waals surface area contributed by atoms with Gasteiger partial charge in [-0.1, -0.05) is 34.1 Å². The van der Waals surface area contributed by atoms with Crippen molar-refractivity contribution in [2.75, 3.05) is 11.9 Å². The van der Waals surface area contributed by atoms with Gasteiger partial charge < -0.3 is 4.90 Å². The van der Waals surface area contributed by atoms with E-state index in [0.717, 1.165) is 5.56 Å². The lowest BCUT2D eigenvalue weighted by Crippen LogP contribution is -2.12. The lowest BCUT2D eigenvalue weighted by atomic mass is 10.1. The first-order chi connectivity index (χ1) is 9.17. The molecule has 0 saturated heterocycles. The SMILES string of the molecule is CN(c1ccccc1F)c1ccc(CBr)cc1C#N. The highest BCUT2D eigenvalue weighted by Gasteiger charge is 2.12. The second-order valence-corrected chi connectivity index (χ2v) is 4.67. The molecule has 0 amide bonds. The minimum atomic E-state index is -0.307. The van der Waals surface area contributed by atoms with E-state index in [0.29, 0.717) is 22.3 Å². The smallest absolute Gasteiger partial charge is 0.146 e. The summed E-state index contributed by atoms with van der Waals surface area (Å²) in [5.74, 6) is -0.307. The molecule has 19 heavy (non-hydrogen) atoms. The molecule has 0 heterocycles. The van der Waals surface area contributed by atoms with Crippen molar-refractivity contribution in [1.82, 2.24) is 0 Å². The predicted octanol–water partition coefficient (Wildman–Crippen LogP) is 4.36. The molecule has 0 atom stereocenters. The molecule has 0 aliphatic rings. The molecule has 0 spiro atoms. The van der Waals surface area contributed by atoms with Crippen molar-refractivity contribution in [3.63, 3.8) is 0 Å². The van der Waals surface area contributed by atoms with Gasteiger partial charge in [-0.05, 0) is 29.8 Å². The van der Waals surface area contributed by atoms with Gasteiger partial charge in [-0.25, -0.2) is 4.39 Å². The maximum absolute atomic E-state index is 13.8. The second-order valence-electron chi connectivity index (χ2n) is 4.11. The fourth-order valence-corrected chi connectivity index (χ4v) is 2.25. The number of hydrogen-bond acceptors (Lipinski definition) is 2. The van der Waals surface area contributed by atoms with Crippen LogP contribution in [0.25, 0.3) is 0 Å². The van der Waals surface area contributed by atoms with Crippen molar-refractivity contribution in [3.8, 4) is 6.07 Å². The monoisotopic (exact) mass is 318 g/mol. The fourth-order valence-electron chi connectivity index (χ4n) is 1.90. The van der Waals surface area contributed by atoms with Gasteiger partial charge in [-0.15, -0.1) is 0 Å². The van der Waals surface area contributed by atoms with Gasteiger partial charge in [0.1, 0.15) is 11.9 Å². The van der Waals surface area contributed by atoms with E-state index in [1.54, 1.807) is 36.2 Å². The highest BCUT2D eigenvalue weighted by Crippen LogP contribution is 2.29. The maximum atomic E-state index is 13.8. The van der Waals surface area contributed by atoms with Crippen LogP contribution in [0.1, 0.15) is 11.1 Å². The largest absolute Gasteiger partial charge is 0.341 e. The third-order valence-electron chi connectivity index (χ3n) is 2.91. The molecule has 0 aliphatic heterocycles. The molecular formula is C15H12BrFN2. The van der Waals surface area contributed by atoms with Crippen LogP contribution in [0.2, 0.25) is 0 Å². The van der Waals surface area contributed by atoms with Crippen LogP contribution in [0.4, 0.5) is 15.8 Å². The molecule has 2 nitrogen and oxygen atoms in total. The Hall–Kier alpha value is -1.86. The molecule has 0 bridgehead atoms. The Labute approximate surface area is 120 Å². The summed E-state index contributed by atoms with van der Waals surface area (Å²) in [6.07, 6.45) is 0. The minimum Gasteiger partial charge on any atom is -0.341 e. The number of hydrogen-bond donors (Lipinski definition) is 0. The summed E-state index contributed by atoms with van der Waals surface area (Å²) in [4.78, 5) is 1.69. The van der Waals surface area contributed by atoms with Crippen molar-refractivity contribution < 1.29 is 4.39 Å². The molecule has 0 aliphatic carbocycles. The Bertz CT molecular complexity index is 634. The summed E-state index contributed by atoms with van der Waals surface area (Å²) in [6, 6.07) is 14.2. The van der Waals surface area contributed by atoms with Crippen LogP contribution >= 0.6 is 15.9 Å². The summed E-state index contributed by atoms with van der Waals surface area (Å²) >= 11 is 3.36. The number of benzene rings is 2. The highest BCUT2D eigenvalue weighted by molar-refractivity contribution is 9.08. The second kappa shape index (κ2) is 5.85. The van der Waals surface area contributed by atoms with E-state index in [-0.39, 0.29) is 5.82 Å². The Morgan fingerprint density at radius 3 is 2.58 bits per heavy atom. The molecule has 2 aromatic carbocycles. The summed E-state index contributed by atoms with van der Waals surface area (Å²) < 4.78 is 13.8. The van der Waals surface area contributed by atoms with E-state index in [1.165, 1.54) is 6.07 Å². The minimum absolute atomic E-state index is 0.307. The van der Waals surface area contributed by atoms with Crippen LogP contribution in [-0.2, 0) is 5.33 Å². The van der Waals surface area contributed by atoms with E-state index in [9.17, 15) is 9.65 Å². The van der Waals surface area contributed by atoms with Gasteiger partial charge in [-0.2, -0.15) is 5.26 Å². The van der Waals surface area contributed by atoms with E-state index in [2.05, 4.69) is 22.0 Å². The van der Waals surface area contributed by atoms with Gasteiger partial charge in [0.2, 0.25) is 0 Å². The lowest BCUT2D eigenvalue weighted by molar-refractivity contribution is 0.627. The van der Waals surface area contributed by atoms with Gasteiger partial charge in [0, 0.05) is 12.4 Å². The number of rotatable bonds is 3. The molecule has 96 valence electrons. The molecule has 0 unspecified atom stereocenters. The zero-order valence-corrected chi connectivity index (χ0v) is 12.0. The molecule has 0 N–H and O–H groups in total. The highest BCUT2D eigenvalue weighted by atomic mass is 79.9. The number of nitriles is 1. The zero-order chi connectivity index (χ0) is 13.8. The lowest BCUT2D eigenvalue weighted by Gasteiger charge is -2.21. The zero-order valence-electron chi connectivity index (χ0n) is 10.4. The number of nitrogens with zero attached hydrogens (tertiary/aromatic N) is 2. The average molecular weight is 319 g/mol. The third kappa shape index (κ3) is 2.77. The quantitative estimate of drug-likeness (QED) is 0.786. The molecule has 2 rings (SSSR count). The van der Waals surface area contributed by atoms with Crippen LogP contribution in [0, 0.1) is 17.1 Å². The van der Waals surface area contributed by atoms with Gasteiger partial charge >= 0.3 is 0 Å².